The minimum absolute atomic E-state index is 0.0432. The van der Waals surface area contributed by atoms with Gasteiger partial charge in [-0.25, -0.2) is 4.85 Å². The molecule has 0 rings (SSSR count). The largest absolute Gasteiger partial charge is 0.266 e. The molecule has 0 amide bonds. The molecule has 0 bridgehead atoms. The van der Waals surface area contributed by atoms with Crippen LogP contribution < -0.4 is 0 Å². The van der Waals surface area contributed by atoms with Gasteiger partial charge in [0.2, 0.25) is 0 Å². The van der Waals surface area contributed by atoms with Crippen LogP contribution in [0.2, 0.25) is 0 Å². The second-order valence-corrected chi connectivity index (χ2v) is 1.86. The van der Waals surface area contributed by atoms with Gasteiger partial charge in [-0.15, -0.1) is 23.2 Å². The summed E-state index contributed by atoms with van der Waals surface area (Å²) in [6.07, 6.45) is 0. The third-order valence-corrected chi connectivity index (χ3v) is 1.03. The molecule has 0 radical (unpaired) electrons. The highest BCUT2D eigenvalue weighted by Gasteiger charge is 1.89. The zero-order valence-electron chi connectivity index (χ0n) is 3.70. The van der Waals surface area contributed by atoms with E-state index in [0.717, 1.165) is 0 Å². The van der Waals surface area contributed by atoms with E-state index in [0.29, 0.717) is 5.03 Å². The van der Waals surface area contributed by atoms with Crippen molar-refractivity contribution in [2.24, 2.45) is 0 Å². The Balaban J connectivity index is 4.07. The summed E-state index contributed by atoms with van der Waals surface area (Å²) in [5, 5.41) is 0.387. The van der Waals surface area contributed by atoms with Crippen LogP contribution in [0.25, 0.3) is 4.85 Å². The quantitative estimate of drug-likeness (QED) is 0.356. The third-order valence-electron chi connectivity index (χ3n) is 0.382. The number of nitrogens with zero attached hydrogens (tertiary/aromatic N) is 1. The summed E-state index contributed by atoms with van der Waals surface area (Å²) in [6.45, 7) is 7.86. The lowest BCUT2D eigenvalue weighted by molar-refractivity contribution is 1.63. The highest BCUT2D eigenvalue weighted by atomic mass is 35.5. The van der Waals surface area contributed by atoms with Gasteiger partial charge in [-0.1, -0.05) is 0 Å². The minimum atomic E-state index is 0.0432. The smallest absolute Gasteiger partial charge is 0.224 e. The van der Waals surface area contributed by atoms with E-state index >= 15 is 0 Å². The van der Waals surface area contributed by atoms with Gasteiger partial charge in [-0.05, 0) is 6.92 Å². The summed E-state index contributed by atoms with van der Waals surface area (Å²) in [5.74, 6) is 0. The Labute approximate surface area is 52.4 Å². The Morgan fingerprint density at radius 2 is 2.00 bits per heavy atom. The van der Waals surface area contributed by atoms with Gasteiger partial charge in [0.05, 0.1) is 6.57 Å². The fraction of sp³-hybridized carbons (Fsp3) is 0.250. The second kappa shape index (κ2) is 2.90. The van der Waals surface area contributed by atoms with Crippen molar-refractivity contribution in [3.05, 3.63) is 21.6 Å². The van der Waals surface area contributed by atoms with Crippen LogP contribution in [0, 0.1) is 6.57 Å². The molecule has 0 aromatic rings. The Hall–Kier alpha value is -0.190. The normalized spacial score (nSPS) is 12.3. The van der Waals surface area contributed by atoms with Crippen molar-refractivity contribution < 1.29 is 0 Å². The Bertz CT molecular complexity index is 127. The van der Waals surface area contributed by atoms with E-state index in [-0.39, 0.29) is 5.16 Å². The van der Waals surface area contributed by atoms with E-state index in [4.69, 9.17) is 29.8 Å². The fourth-order valence-electron chi connectivity index (χ4n) is 0.0770. The van der Waals surface area contributed by atoms with E-state index < -0.39 is 0 Å². The first kappa shape index (κ1) is 6.81. The Kier molecular flexibility index (Phi) is 2.82. The second-order valence-electron chi connectivity index (χ2n) is 0.936. The lowest BCUT2D eigenvalue weighted by Gasteiger charge is -1.79. The van der Waals surface area contributed by atoms with Crippen molar-refractivity contribution in [3.63, 3.8) is 0 Å². The molecule has 0 heterocycles. The molecule has 0 aliphatic rings. The Morgan fingerprint density at radius 3 is 2.00 bits per heavy atom. The zero-order chi connectivity index (χ0) is 5.86. The molecule has 0 spiro atoms. The predicted molar refractivity (Wildman–Crippen MR) is 31.0 cm³/mol. The van der Waals surface area contributed by atoms with Crippen LogP contribution >= 0.6 is 23.2 Å². The molecule has 1 nitrogen and oxygen atoms in total. The number of hydrogen-bond acceptors (Lipinski definition) is 0. The molecule has 0 saturated carbocycles. The molecule has 0 saturated heterocycles. The van der Waals surface area contributed by atoms with Crippen molar-refractivity contribution in [2.75, 3.05) is 0 Å². The van der Waals surface area contributed by atoms with E-state index in [9.17, 15) is 0 Å². The van der Waals surface area contributed by atoms with Crippen molar-refractivity contribution in [1.82, 2.24) is 0 Å². The van der Waals surface area contributed by atoms with Gasteiger partial charge in [-0.2, -0.15) is 0 Å². The van der Waals surface area contributed by atoms with Gasteiger partial charge in [0.1, 0.15) is 0 Å². The third kappa shape index (κ3) is 2.50. The number of hydrogen-bond donors (Lipinski definition) is 0. The maximum absolute atomic E-state index is 6.29. The first-order valence-corrected chi connectivity index (χ1v) is 2.33. The summed E-state index contributed by atoms with van der Waals surface area (Å²) >= 11 is 10.5. The van der Waals surface area contributed by atoms with Crippen LogP contribution in [0.1, 0.15) is 6.92 Å². The Morgan fingerprint density at radius 1 is 1.57 bits per heavy atom. The van der Waals surface area contributed by atoms with Crippen molar-refractivity contribution >= 4 is 23.2 Å². The zero-order valence-corrected chi connectivity index (χ0v) is 5.22. The van der Waals surface area contributed by atoms with Gasteiger partial charge in [0, 0.05) is 5.03 Å². The molecular weight excluding hydrogens is 133 g/mol. The molecule has 0 aromatic heterocycles. The molecular formula is C4H3Cl2N. The molecule has 0 aliphatic heterocycles. The molecule has 3 heteroatoms. The van der Waals surface area contributed by atoms with Gasteiger partial charge < -0.3 is 0 Å². The summed E-state index contributed by atoms with van der Waals surface area (Å²) in [6, 6.07) is 0. The molecule has 0 unspecified atom stereocenters. The molecule has 0 aromatic carbocycles. The molecule has 0 N–H and O–H groups in total. The molecule has 0 aliphatic carbocycles. The highest BCUT2D eigenvalue weighted by Crippen LogP contribution is 2.12. The first-order chi connectivity index (χ1) is 3.18. The summed E-state index contributed by atoms with van der Waals surface area (Å²) in [4.78, 5) is 2.85. The fourth-order valence-corrected chi connectivity index (χ4v) is 0.119. The van der Waals surface area contributed by atoms with Crippen LogP contribution in [0.4, 0.5) is 0 Å². The average molecular weight is 136 g/mol. The molecule has 0 atom stereocenters. The number of allylic oxidation sites excluding steroid dienone is 1. The lowest BCUT2D eigenvalue weighted by atomic mass is 10.7. The SMILES string of the molecule is [C-]#[N+]/C(Cl)=C(\C)Cl. The van der Waals surface area contributed by atoms with Gasteiger partial charge in [-0.3, -0.25) is 0 Å². The first-order valence-electron chi connectivity index (χ1n) is 1.58. The van der Waals surface area contributed by atoms with Crippen LogP contribution in [0.5, 0.6) is 0 Å². The van der Waals surface area contributed by atoms with E-state index in [1.165, 1.54) is 0 Å². The molecule has 7 heavy (non-hydrogen) atoms. The highest BCUT2D eigenvalue weighted by molar-refractivity contribution is 6.39. The van der Waals surface area contributed by atoms with Crippen LogP contribution in [-0.2, 0) is 0 Å². The minimum Gasteiger partial charge on any atom is -0.224 e. The van der Waals surface area contributed by atoms with Gasteiger partial charge in [0.25, 0.3) is 5.16 Å². The van der Waals surface area contributed by atoms with Crippen LogP contribution in [-0.4, -0.2) is 0 Å². The van der Waals surface area contributed by atoms with Crippen molar-refractivity contribution in [2.45, 2.75) is 6.92 Å². The predicted octanol–water partition coefficient (Wildman–Crippen LogP) is 2.57. The van der Waals surface area contributed by atoms with E-state index in [1.54, 1.807) is 6.92 Å². The maximum atomic E-state index is 6.29. The van der Waals surface area contributed by atoms with Gasteiger partial charge >= 0.3 is 0 Å². The number of halogens is 2. The standard InChI is InChI=1S/C4H3Cl2N/c1-3(5)4(6)7-2/h1H3/b4-3+. The van der Waals surface area contributed by atoms with Crippen molar-refractivity contribution in [1.29, 1.82) is 0 Å². The lowest BCUT2D eigenvalue weighted by Crippen LogP contribution is -1.58. The molecule has 38 valence electrons. The number of rotatable bonds is 0. The average Bonchev–Trinajstić information content (AvgIpc) is 1.65. The summed E-state index contributed by atoms with van der Waals surface area (Å²) in [5.41, 5.74) is 0. The topological polar surface area (TPSA) is 4.36 Å². The summed E-state index contributed by atoms with van der Waals surface area (Å²) in [7, 11) is 0. The van der Waals surface area contributed by atoms with Crippen molar-refractivity contribution in [3.8, 4) is 0 Å². The summed E-state index contributed by atoms with van der Waals surface area (Å²) < 4.78 is 0. The molecule has 0 fully saturated rings. The van der Waals surface area contributed by atoms with E-state index in [2.05, 4.69) is 4.85 Å². The maximum Gasteiger partial charge on any atom is 0.266 e. The van der Waals surface area contributed by atoms with Gasteiger partial charge in [0.15, 0.2) is 0 Å². The van der Waals surface area contributed by atoms with Crippen LogP contribution in [0.3, 0.4) is 0 Å². The van der Waals surface area contributed by atoms with E-state index in [1.807, 2.05) is 0 Å². The van der Waals surface area contributed by atoms with Crippen LogP contribution in [0.15, 0.2) is 10.2 Å². The monoisotopic (exact) mass is 135 g/mol.